The highest BCUT2D eigenvalue weighted by Gasteiger charge is 2.19. The van der Waals surface area contributed by atoms with Crippen LogP contribution >= 0.6 is 11.6 Å². The SMILES string of the molecule is CCN(CC(C)C(=O)OC)C(=O)/C=C/c1c(C)nn(Cc2ccccc2Cl)c1C. The van der Waals surface area contributed by atoms with E-state index < -0.39 is 0 Å². The summed E-state index contributed by atoms with van der Waals surface area (Å²) in [5.41, 5.74) is 3.69. The normalized spacial score (nSPS) is 12.2. The van der Waals surface area contributed by atoms with E-state index in [1.54, 1.807) is 17.9 Å². The van der Waals surface area contributed by atoms with Crippen LogP contribution in [-0.2, 0) is 20.9 Å². The molecule has 0 aliphatic heterocycles. The first-order valence-electron chi connectivity index (χ1n) is 9.60. The topological polar surface area (TPSA) is 64.4 Å². The number of aromatic nitrogens is 2. The number of hydrogen-bond donors (Lipinski definition) is 0. The van der Waals surface area contributed by atoms with E-state index >= 15 is 0 Å². The number of likely N-dealkylation sites (N-methyl/N-ethyl adjacent to an activating group) is 1. The number of methoxy groups -OCH3 is 1. The molecule has 0 spiro atoms. The van der Waals surface area contributed by atoms with Crippen molar-refractivity contribution in [3.8, 4) is 0 Å². The maximum absolute atomic E-state index is 12.6. The van der Waals surface area contributed by atoms with Crippen LogP contribution in [-0.4, -0.2) is 46.8 Å². The Bertz CT molecular complexity index is 905. The smallest absolute Gasteiger partial charge is 0.310 e. The van der Waals surface area contributed by atoms with Crippen molar-refractivity contribution < 1.29 is 14.3 Å². The van der Waals surface area contributed by atoms with E-state index in [0.717, 1.165) is 22.5 Å². The van der Waals surface area contributed by atoms with Gasteiger partial charge >= 0.3 is 5.97 Å². The van der Waals surface area contributed by atoms with Crippen molar-refractivity contribution in [1.29, 1.82) is 0 Å². The lowest BCUT2D eigenvalue weighted by molar-refractivity contribution is -0.146. The van der Waals surface area contributed by atoms with E-state index in [-0.39, 0.29) is 17.8 Å². The Morgan fingerprint density at radius 2 is 2.00 bits per heavy atom. The van der Waals surface area contributed by atoms with Gasteiger partial charge in [-0.25, -0.2) is 0 Å². The van der Waals surface area contributed by atoms with E-state index in [9.17, 15) is 9.59 Å². The predicted octanol–water partition coefficient (Wildman–Crippen LogP) is 3.87. The van der Waals surface area contributed by atoms with Gasteiger partial charge in [-0.3, -0.25) is 14.3 Å². The van der Waals surface area contributed by atoms with E-state index in [0.29, 0.717) is 24.7 Å². The van der Waals surface area contributed by atoms with E-state index in [4.69, 9.17) is 16.3 Å². The highest BCUT2D eigenvalue weighted by Crippen LogP contribution is 2.20. The Labute approximate surface area is 177 Å². The van der Waals surface area contributed by atoms with Crippen LogP contribution in [0.3, 0.4) is 0 Å². The summed E-state index contributed by atoms with van der Waals surface area (Å²) < 4.78 is 6.63. The first kappa shape index (κ1) is 22.7. The minimum atomic E-state index is -0.376. The van der Waals surface area contributed by atoms with E-state index in [2.05, 4.69) is 5.10 Å². The second kappa shape index (κ2) is 10.3. The van der Waals surface area contributed by atoms with Crippen molar-refractivity contribution in [1.82, 2.24) is 14.7 Å². The van der Waals surface area contributed by atoms with Gasteiger partial charge in [-0.05, 0) is 38.5 Å². The first-order chi connectivity index (χ1) is 13.8. The fourth-order valence-corrected chi connectivity index (χ4v) is 3.33. The van der Waals surface area contributed by atoms with Gasteiger partial charge in [0.15, 0.2) is 0 Å². The van der Waals surface area contributed by atoms with Crippen molar-refractivity contribution in [2.24, 2.45) is 5.92 Å². The number of hydrogen-bond acceptors (Lipinski definition) is 4. The number of amides is 1. The lowest BCUT2D eigenvalue weighted by Gasteiger charge is -2.22. The molecule has 0 radical (unpaired) electrons. The van der Waals surface area contributed by atoms with Crippen LogP contribution in [0.4, 0.5) is 0 Å². The molecule has 0 fully saturated rings. The molecule has 7 heteroatoms. The van der Waals surface area contributed by atoms with Crippen LogP contribution in [0.25, 0.3) is 6.08 Å². The molecule has 1 heterocycles. The minimum absolute atomic E-state index is 0.152. The third kappa shape index (κ3) is 5.70. The first-order valence-corrected chi connectivity index (χ1v) is 9.98. The van der Waals surface area contributed by atoms with E-state index in [1.165, 1.54) is 13.2 Å². The number of esters is 1. The molecule has 0 aliphatic carbocycles. The second-order valence-electron chi connectivity index (χ2n) is 6.97. The molecule has 1 aromatic carbocycles. The van der Waals surface area contributed by atoms with Crippen LogP contribution < -0.4 is 0 Å². The molecule has 0 saturated carbocycles. The highest BCUT2D eigenvalue weighted by molar-refractivity contribution is 6.31. The van der Waals surface area contributed by atoms with Gasteiger partial charge < -0.3 is 9.64 Å². The maximum atomic E-state index is 12.6. The average molecular weight is 418 g/mol. The Morgan fingerprint density at radius 1 is 1.31 bits per heavy atom. The third-order valence-corrected chi connectivity index (χ3v) is 5.27. The van der Waals surface area contributed by atoms with Gasteiger partial charge in [-0.1, -0.05) is 36.7 Å². The quantitative estimate of drug-likeness (QED) is 0.483. The minimum Gasteiger partial charge on any atom is -0.469 e. The van der Waals surface area contributed by atoms with Crippen LogP contribution in [0.2, 0.25) is 5.02 Å². The number of carbonyl (C=O) groups excluding carboxylic acids is 2. The Balaban J connectivity index is 2.15. The van der Waals surface area contributed by atoms with Gasteiger partial charge in [0.05, 0.1) is 25.3 Å². The molecule has 0 aliphatic rings. The van der Waals surface area contributed by atoms with Gasteiger partial charge in [0.2, 0.25) is 5.91 Å². The number of carbonyl (C=O) groups is 2. The molecule has 6 nitrogen and oxygen atoms in total. The molecule has 0 saturated heterocycles. The fourth-order valence-electron chi connectivity index (χ4n) is 3.14. The van der Waals surface area contributed by atoms with Crippen LogP contribution in [0.1, 0.15) is 36.4 Å². The molecule has 156 valence electrons. The largest absolute Gasteiger partial charge is 0.469 e. The molecular weight excluding hydrogens is 390 g/mol. The summed E-state index contributed by atoms with van der Waals surface area (Å²) >= 11 is 6.26. The van der Waals surface area contributed by atoms with Crippen molar-refractivity contribution in [3.05, 3.63) is 57.9 Å². The molecule has 0 bridgehead atoms. The van der Waals surface area contributed by atoms with Crippen LogP contribution in [0.5, 0.6) is 0 Å². The van der Waals surface area contributed by atoms with Crippen molar-refractivity contribution in [3.63, 3.8) is 0 Å². The van der Waals surface area contributed by atoms with Gasteiger partial charge in [-0.2, -0.15) is 5.10 Å². The molecule has 2 aromatic rings. The van der Waals surface area contributed by atoms with Gasteiger partial charge in [0.1, 0.15) is 0 Å². The zero-order chi connectivity index (χ0) is 21.6. The molecular formula is C22H28ClN3O3. The number of rotatable bonds is 8. The predicted molar refractivity (Wildman–Crippen MR) is 115 cm³/mol. The van der Waals surface area contributed by atoms with Gasteiger partial charge in [0, 0.05) is 35.4 Å². The summed E-state index contributed by atoms with van der Waals surface area (Å²) in [7, 11) is 1.35. The lowest BCUT2D eigenvalue weighted by Crippen LogP contribution is -2.36. The number of ether oxygens (including phenoxy) is 1. The van der Waals surface area contributed by atoms with Crippen molar-refractivity contribution in [2.45, 2.75) is 34.2 Å². The Hall–Kier alpha value is -2.60. The summed E-state index contributed by atoms with van der Waals surface area (Å²) in [6, 6.07) is 7.67. The summed E-state index contributed by atoms with van der Waals surface area (Å²) in [5.74, 6) is -0.854. The molecule has 0 N–H and O–H groups in total. The zero-order valence-corrected chi connectivity index (χ0v) is 18.4. The lowest BCUT2D eigenvalue weighted by atomic mass is 10.1. The number of nitrogens with zero attached hydrogens (tertiary/aromatic N) is 3. The second-order valence-corrected chi connectivity index (χ2v) is 7.38. The van der Waals surface area contributed by atoms with Gasteiger partial charge in [-0.15, -0.1) is 0 Å². The molecule has 2 rings (SSSR count). The van der Waals surface area contributed by atoms with E-state index in [1.807, 2.05) is 49.7 Å². The third-order valence-electron chi connectivity index (χ3n) is 4.90. The number of benzene rings is 1. The molecule has 1 unspecified atom stereocenters. The summed E-state index contributed by atoms with van der Waals surface area (Å²) in [6.07, 6.45) is 3.32. The fraction of sp³-hybridized carbons (Fsp3) is 0.409. The summed E-state index contributed by atoms with van der Waals surface area (Å²) in [4.78, 5) is 25.9. The zero-order valence-electron chi connectivity index (χ0n) is 17.6. The maximum Gasteiger partial charge on any atom is 0.310 e. The van der Waals surface area contributed by atoms with Crippen LogP contribution in [0.15, 0.2) is 30.3 Å². The number of halogens is 1. The summed E-state index contributed by atoms with van der Waals surface area (Å²) in [5, 5.41) is 5.29. The van der Waals surface area contributed by atoms with Crippen molar-refractivity contribution in [2.75, 3.05) is 20.2 Å². The Morgan fingerprint density at radius 3 is 2.62 bits per heavy atom. The molecule has 1 aromatic heterocycles. The van der Waals surface area contributed by atoms with Crippen LogP contribution in [0, 0.1) is 19.8 Å². The van der Waals surface area contributed by atoms with Crippen molar-refractivity contribution >= 4 is 29.6 Å². The summed E-state index contributed by atoms with van der Waals surface area (Å²) in [6.45, 7) is 8.90. The molecule has 29 heavy (non-hydrogen) atoms. The highest BCUT2D eigenvalue weighted by atomic mass is 35.5. The number of aryl methyl sites for hydroxylation is 1. The Kier molecular flexibility index (Phi) is 8.02. The standard InChI is InChI=1S/C22H28ClN3O3/c1-6-25(13-15(2)22(28)29-5)21(27)12-11-19-16(3)24-26(17(19)4)14-18-9-7-8-10-20(18)23/h7-12,15H,6,13-14H2,1-5H3/b12-11+. The van der Waals surface area contributed by atoms with Gasteiger partial charge in [0.25, 0.3) is 0 Å². The average Bonchev–Trinajstić information content (AvgIpc) is 2.97. The monoisotopic (exact) mass is 417 g/mol. The molecule has 1 atom stereocenters. The molecule has 1 amide bonds.